The Bertz CT molecular complexity index is 1550. The Morgan fingerprint density at radius 2 is 1.79 bits per heavy atom. The van der Waals surface area contributed by atoms with Crippen LogP contribution in [0.5, 0.6) is 5.75 Å². The summed E-state index contributed by atoms with van der Waals surface area (Å²) in [6.45, 7) is 3.64. The molecule has 0 saturated heterocycles. The lowest BCUT2D eigenvalue weighted by atomic mass is 9.46. The van der Waals surface area contributed by atoms with E-state index in [-0.39, 0.29) is 41.9 Å². The molecule has 1 aromatic rings. The zero-order chi connectivity index (χ0) is 35.0. The average Bonchev–Trinajstić information content (AvgIpc) is 3.34. The highest BCUT2D eigenvalue weighted by Crippen LogP contribution is 2.67. The molecule has 4 aliphatic carbocycles. The Morgan fingerprint density at radius 3 is 2.50 bits per heavy atom. The van der Waals surface area contributed by atoms with Crippen LogP contribution in [0.4, 0.5) is 5.69 Å². The van der Waals surface area contributed by atoms with Gasteiger partial charge in [-0.1, -0.05) is 25.5 Å². The topological polar surface area (TPSA) is 199 Å². The van der Waals surface area contributed by atoms with E-state index in [1.165, 1.54) is 11.6 Å². The van der Waals surface area contributed by atoms with Crippen LogP contribution < -0.4 is 5.32 Å². The standard InChI is InChI=1S/C35H44N2O11/c1-33-13-10-22(38)18-21(33)5-6-23-24(33)11-14-34(2)25(23)12-15-35(34,44)29(40)19-48-31(42)9-8-30(41)36-26(32(43)47-3)16-20-4-7-28(39)27(17-20)37(45)46/h4,7,17-18,23-26,39,44H,5-6,8-16,19H2,1-3H3,(H,36,41). The summed E-state index contributed by atoms with van der Waals surface area (Å²) in [5, 5.41) is 35.1. The number of fused-ring (bicyclic) bond motifs is 5. The molecule has 1 aromatic carbocycles. The number of methoxy groups -OCH3 is 1. The van der Waals surface area contributed by atoms with Crippen LogP contribution in [-0.2, 0) is 39.9 Å². The number of aliphatic hydroxyl groups is 1. The van der Waals surface area contributed by atoms with Crippen molar-refractivity contribution in [1.82, 2.24) is 5.32 Å². The van der Waals surface area contributed by atoms with Crippen LogP contribution in [0.1, 0.15) is 83.6 Å². The highest BCUT2D eigenvalue weighted by molar-refractivity contribution is 5.92. The van der Waals surface area contributed by atoms with Crippen LogP contribution in [0.2, 0.25) is 0 Å². The number of esters is 2. The molecule has 7 unspecified atom stereocenters. The normalized spacial score (nSPS) is 31.3. The Balaban J connectivity index is 1.14. The number of hydrogen-bond donors (Lipinski definition) is 3. The number of ether oxygens (including phenoxy) is 2. The van der Waals surface area contributed by atoms with Crippen LogP contribution in [0.3, 0.4) is 0 Å². The number of nitrogens with one attached hydrogen (secondary N) is 1. The lowest BCUT2D eigenvalue weighted by Gasteiger charge is -2.58. The van der Waals surface area contributed by atoms with E-state index in [4.69, 9.17) is 9.47 Å². The molecule has 1 amide bonds. The number of nitro benzene ring substituents is 1. The molecule has 5 rings (SSSR count). The summed E-state index contributed by atoms with van der Waals surface area (Å²) in [5.74, 6) is -2.36. The van der Waals surface area contributed by atoms with Crippen molar-refractivity contribution in [2.24, 2.45) is 28.6 Å². The van der Waals surface area contributed by atoms with Crippen molar-refractivity contribution >= 4 is 35.1 Å². The molecule has 0 spiro atoms. The molecule has 260 valence electrons. The highest BCUT2D eigenvalue weighted by atomic mass is 16.6. The first-order chi connectivity index (χ1) is 22.6. The van der Waals surface area contributed by atoms with Gasteiger partial charge < -0.3 is 25.0 Å². The maximum atomic E-state index is 13.5. The first-order valence-electron chi connectivity index (χ1n) is 16.6. The van der Waals surface area contributed by atoms with Crippen LogP contribution >= 0.6 is 0 Å². The van der Waals surface area contributed by atoms with E-state index in [0.29, 0.717) is 31.1 Å². The minimum Gasteiger partial charge on any atom is -0.502 e. The van der Waals surface area contributed by atoms with Gasteiger partial charge >= 0.3 is 17.6 Å². The molecule has 3 fully saturated rings. The van der Waals surface area contributed by atoms with Crippen molar-refractivity contribution in [3.05, 3.63) is 45.5 Å². The van der Waals surface area contributed by atoms with E-state index < -0.39 is 70.1 Å². The molecular weight excluding hydrogens is 624 g/mol. The molecule has 0 aromatic heterocycles. The Labute approximate surface area is 278 Å². The Kier molecular flexibility index (Phi) is 9.83. The fourth-order valence-corrected chi connectivity index (χ4v) is 9.27. The van der Waals surface area contributed by atoms with E-state index in [2.05, 4.69) is 12.2 Å². The number of allylic oxidation sites excluding steroid dienone is 1. The van der Waals surface area contributed by atoms with Crippen LogP contribution in [0, 0.1) is 38.7 Å². The number of phenolic OH excluding ortho intramolecular Hbond substituents is 1. The number of amides is 1. The minimum absolute atomic E-state index is 0.0339. The van der Waals surface area contributed by atoms with Gasteiger partial charge in [0.05, 0.1) is 18.5 Å². The Morgan fingerprint density at radius 1 is 1.06 bits per heavy atom. The van der Waals surface area contributed by atoms with Crippen molar-refractivity contribution in [1.29, 1.82) is 0 Å². The van der Waals surface area contributed by atoms with Crippen molar-refractivity contribution in [2.45, 2.75) is 96.1 Å². The van der Waals surface area contributed by atoms with Gasteiger partial charge in [-0.3, -0.25) is 29.3 Å². The van der Waals surface area contributed by atoms with Gasteiger partial charge in [0.1, 0.15) is 11.6 Å². The maximum absolute atomic E-state index is 13.5. The number of nitrogens with zero attached hydrogens (tertiary/aromatic N) is 1. The van der Waals surface area contributed by atoms with Crippen LogP contribution in [0.15, 0.2) is 29.8 Å². The number of nitro groups is 1. The molecule has 0 heterocycles. The third-order valence-electron chi connectivity index (χ3n) is 12.0. The van der Waals surface area contributed by atoms with Crippen LogP contribution in [-0.4, -0.2) is 69.9 Å². The molecular formula is C35H44N2O11. The average molecular weight is 669 g/mol. The predicted octanol–water partition coefficient (Wildman–Crippen LogP) is 3.66. The van der Waals surface area contributed by atoms with E-state index in [9.17, 15) is 44.3 Å². The van der Waals surface area contributed by atoms with Gasteiger partial charge in [-0.05, 0) is 85.8 Å². The lowest BCUT2D eigenvalue weighted by Crippen LogP contribution is -2.58. The Hall–Kier alpha value is -4.13. The summed E-state index contributed by atoms with van der Waals surface area (Å²) >= 11 is 0. The number of ketones is 2. The zero-order valence-electron chi connectivity index (χ0n) is 27.6. The quantitative estimate of drug-likeness (QED) is 0.177. The SMILES string of the molecule is COC(=O)C(Cc1ccc(O)c([N+](=O)[O-])c1)NC(=O)CCC(=O)OCC(=O)C1(O)CCC2C3CCC4=CC(=O)CCC4(C)C3CCC21C. The summed E-state index contributed by atoms with van der Waals surface area (Å²) in [7, 11) is 1.12. The van der Waals surface area contributed by atoms with E-state index >= 15 is 0 Å². The van der Waals surface area contributed by atoms with Crippen LogP contribution in [0.25, 0.3) is 0 Å². The molecule has 0 aliphatic heterocycles. The second-order valence-corrected chi connectivity index (χ2v) is 14.3. The number of benzene rings is 1. The van der Waals surface area contributed by atoms with Gasteiger partial charge in [0.2, 0.25) is 11.7 Å². The maximum Gasteiger partial charge on any atom is 0.328 e. The number of carbonyl (C=O) groups excluding carboxylic acids is 5. The van der Waals surface area contributed by atoms with Crippen molar-refractivity contribution in [3.8, 4) is 5.75 Å². The van der Waals surface area contributed by atoms with Gasteiger partial charge in [-0.25, -0.2) is 4.79 Å². The summed E-state index contributed by atoms with van der Waals surface area (Å²) in [6.07, 6.45) is 6.57. The van der Waals surface area contributed by atoms with Gasteiger partial charge in [-0.15, -0.1) is 0 Å². The van der Waals surface area contributed by atoms with Gasteiger partial charge in [0, 0.05) is 30.7 Å². The van der Waals surface area contributed by atoms with E-state index in [1.54, 1.807) is 0 Å². The first-order valence-corrected chi connectivity index (χ1v) is 16.6. The number of Topliss-reactive ketones (excluding diaryl/α,β-unsaturated/α-hetero) is 1. The summed E-state index contributed by atoms with van der Waals surface area (Å²) in [6, 6.07) is 2.34. The highest BCUT2D eigenvalue weighted by Gasteiger charge is 2.66. The molecule has 3 saturated carbocycles. The third-order valence-corrected chi connectivity index (χ3v) is 12.0. The monoisotopic (exact) mass is 668 g/mol. The summed E-state index contributed by atoms with van der Waals surface area (Å²) in [4.78, 5) is 73.5. The zero-order valence-corrected chi connectivity index (χ0v) is 27.6. The number of carbonyl (C=O) groups is 5. The van der Waals surface area contributed by atoms with Gasteiger partial charge in [0.15, 0.2) is 18.1 Å². The van der Waals surface area contributed by atoms with E-state index in [0.717, 1.165) is 44.9 Å². The largest absolute Gasteiger partial charge is 0.502 e. The number of rotatable bonds is 11. The van der Waals surface area contributed by atoms with Gasteiger partial charge in [-0.2, -0.15) is 0 Å². The number of hydrogen-bond acceptors (Lipinski definition) is 11. The molecule has 4 aliphatic rings. The second-order valence-electron chi connectivity index (χ2n) is 14.3. The molecule has 0 radical (unpaired) electrons. The molecule has 48 heavy (non-hydrogen) atoms. The van der Waals surface area contributed by atoms with E-state index in [1.807, 2.05) is 13.0 Å². The third kappa shape index (κ3) is 6.36. The predicted molar refractivity (Wildman–Crippen MR) is 169 cm³/mol. The van der Waals surface area contributed by atoms with Crippen molar-refractivity contribution in [3.63, 3.8) is 0 Å². The second kappa shape index (κ2) is 13.4. The molecule has 13 nitrogen and oxygen atoms in total. The smallest absolute Gasteiger partial charge is 0.328 e. The molecule has 3 N–H and O–H groups in total. The fourth-order valence-electron chi connectivity index (χ4n) is 9.27. The fraction of sp³-hybridized carbons (Fsp3) is 0.629. The molecule has 0 bridgehead atoms. The first kappa shape index (κ1) is 35.2. The molecule has 7 atom stereocenters. The lowest BCUT2D eigenvalue weighted by molar-refractivity contribution is -0.385. The minimum atomic E-state index is -1.64. The number of phenols is 1. The number of aromatic hydroxyl groups is 1. The molecule has 13 heteroatoms. The van der Waals surface area contributed by atoms with Crippen molar-refractivity contribution < 1.29 is 48.6 Å². The summed E-state index contributed by atoms with van der Waals surface area (Å²) < 4.78 is 9.97. The summed E-state index contributed by atoms with van der Waals surface area (Å²) in [5.41, 5.74) is -1.37. The van der Waals surface area contributed by atoms with Gasteiger partial charge in [0.25, 0.3) is 0 Å². The van der Waals surface area contributed by atoms with Crippen molar-refractivity contribution in [2.75, 3.05) is 13.7 Å².